The van der Waals surface area contributed by atoms with E-state index in [0.29, 0.717) is 12.2 Å². The molecule has 0 aromatic heterocycles. The zero-order valence-corrected chi connectivity index (χ0v) is 12.7. The maximum Gasteiger partial charge on any atom is 0.238 e. The molecule has 1 amide bonds. The monoisotopic (exact) mass is 298 g/mol. The lowest BCUT2D eigenvalue weighted by molar-refractivity contribution is -0.120. The maximum atomic E-state index is 12.3. The average molecular weight is 298 g/mol. The second-order valence-corrected chi connectivity index (χ2v) is 7.02. The summed E-state index contributed by atoms with van der Waals surface area (Å²) in [5.41, 5.74) is 6.01. The van der Waals surface area contributed by atoms with Crippen molar-refractivity contribution in [3.63, 3.8) is 0 Å². The number of carbonyl (C=O) groups is 1. The first-order chi connectivity index (χ1) is 9.39. The molecular formula is C14H22N2O3S. The van der Waals surface area contributed by atoms with E-state index in [1.54, 1.807) is 0 Å². The van der Waals surface area contributed by atoms with Crippen LogP contribution in [0.3, 0.4) is 0 Å². The minimum absolute atomic E-state index is 0.114. The Kier molecular flexibility index (Phi) is 6.01. The van der Waals surface area contributed by atoms with Gasteiger partial charge in [0.25, 0.3) is 0 Å². The molecule has 0 bridgehead atoms. The topological polar surface area (TPSA) is 89.3 Å². The van der Waals surface area contributed by atoms with Gasteiger partial charge in [0.1, 0.15) is 5.25 Å². The van der Waals surface area contributed by atoms with Gasteiger partial charge in [-0.25, -0.2) is 8.42 Å². The molecule has 0 saturated heterocycles. The number of nitrogens with two attached hydrogens (primary N) is 1. The molecule has 0 radical (unpaired) electrons. The smallest absolute Gasteiger partial charge is 0.238 e. The first-order valence-corrected chi connectivity index (χ1v) is 8.31. The third kappa shape index (κ3) is 4.23. The molecule has 0 saturated carbocycles. The second-order valence-electron chi connectivity index (χ2n) is 4.75. The second kappa shape index (κ2) is 7.28. The molecule has 1 aromatic carbocycles. The number of benzene rings is 1. The van der Waals surface area contributed by atoms with E-state index in [1.165, 1.54) is 31.2 Å². The first kappa shape index (κ1) is 16.5. The molecule has 0 spiro atoms. The van der Waals surface area contributed by atoms with Crippen LogP contribution in [0.1, 0.15) is 33.1 Å². The number of amides is 1. The van der Waals surface area contributed by atoms with E-state index in [9.17, 15) is 13.2 Å². The van der Waals surface area contributed by atoms with Crippen LogP contribution in [-0.2, 0) is 14.6 Å². The van der Waals surface area contributed by atoms with Crippen molar-refractivity contribution >= 4 is 21.4 Å². The largest absolute Gasteiger partial charge is 0.399 e. The van der Waals surface area contributed by atoms with Crippen LogP contribution in [0.15, 0.2) is 29.2 Å². The van der Waals surface area contributed by atoms with Crippen molar-refractivity contribution < 1.29 is 13.2 Å². The fraction of sp³-hybridized carbons (Fsp3) is 0.500. The molecule has 0 heterocycles. The third-order valence-corrected chi connectivity index (χ3v) is 5.20. The number of nitrogens with one attached hydrogen (secondary N) is 1. The Morgan fingerprint density at radius 2 is 1.85 bits per heavy atom. The molecule has 1 aromatic rings. The van der Waals surface area contributed by atoms with Gasteiger partial charge in [0.15, 0.2) is 9.84 Å². The molecule has 1 atom stereocenters. The van der Waals surface area contributed by atoms with Crippen molar-refractivity contribution in [3.05, 3.63) is 24.3 Å². The molecular weight excluding hydrogens is 276 g/mol. The number of rotatable bonds is 7. The van der Waals surface area contributed by atoms with E-state index in [4.69, 9.17) is 5.73 Å². The third-order valence-electron chi connectivity index (χ3n) is 3.12. The number of hydrogen-bond donors (Lipinski definition) is 2. The van der Waals surface area contributed by atoms with Crippen LogP contribution in [0.25, 0.3) is 0 Å². The number of nitrogen functional groups attached to an aromatic ring is 1. The summed E-state index contributed by atoms with van der Waals surface area (Å²) in [4.78, 5) is 12.0. The fourth-order valence-electron chi connectivity index (χ4n) is 1.73. The summed E-state index contributed by atoms with van der Waals surface area (Å²) in [5, 5.41) is 1.56. The predicted molar refractivity (Wildman–Crippen MR) is 80.0 cm³/mol. The molecule has 0 aliphatic rings. The molecule has 0 aliphatic carbocycles. The summed E-state index contributed by atoms with van der Waals surface area (Å²) in [6.45, 7) is 3.98. The quantitative estimate of drug-likeness (QED) is 0.592. The summed E-state index contributed by atoms with van der Waals surface area (Å²) >= 11 is 0. The van der Waals surface area contributed by atoms with Crippen molar-refractivity contribution in [1.29, 1.82) is 0 Å². The van der Waals surface area contributed by atoms with E-state index in [0.717, 1.165) is 19.3 Å². The van der Waals surface area contributed by atoms with E-state index >= 15 is 0 Å². The van der Waals surface area contributed by atoms with E-state index in [2.05, 4.69) is 12.2 Å². The van der Waals surface area contributed by atoms with Crippen LogP contribution in [0.2, 0.25) is 0 Å². The number of hydrogen-bond acceptors (Lipinski definition) is 4. The van der Waals surface area contributed by atoms with Crippen molar-refractivity contribution in [2.75, 3.05) is 12.3 Å². The number of anilines is 1. The normalized spacial score (nSPS) is 12.9. The summed E-state index contributed by atoms with van der Waals surface area (Å²) in [7, 11) is -3.67. The number of sulfone groups is 1. The number of unbranched alkanes of at least 4 members (excludes halogenated alkanes) is 2. The van der Waals surface area contributed by atoms with Gasteiger partial charge in [-0.15, -0.1) is 0 Å². The molecule has 1 rings (SSSR count). The van der Waals surface area contributed by atoms with Crippen LogP contribution in [0.4, 0.5) is 5.69 Å². The summed E-state index contributed by atoms with van der Waals surface area (Å²) in [6.07, 6.45) is 2.92. The van der Waals surface area contributed by atoms with Crippen molar-refractivity contribution in [3.8, 4) is 0 Å². The van der Waals surface area contributed by atoms with Crippen LogP contribution < -0.4 is 11.1 Å². The van der Waals surface area contributed by atoms with E-state index in [-0.39, 0.29) is 4.90 Å². The highest BCUT2D eigenvalue weighted by Crippen LogP contribution is 2.17. The fourth-order valence-corrected chi connectivity index (χ4v) is 3.02. The van der Waals surface area contributed by atoms with Crippen molar-refractivity contribution in [1.82, 2.24) is 5.32 Å². The molecule has 6 heteroatoms. The average Bonchev–Trinajstić information content (AvgIpc) is 2.43. The van der Waals surface area contributed by atoms with Gasteiger partial charge in [0, 0.05) is 12.2 Å². The van der Waals surface area contributed by atoms with Crippen LogP contribution >= 0.6 is 0 Å². The van der Waals surface area contributed by atoms with Gasteiger partial charge in [-0.3, -0.25) is 4.79 Å². The molecule has 5 nitrogen and oxygen atoms in total. The molecule has 0 fully saturated rings. The molecule has 20 heavy (non-hydrogen) atoms. The molecule has 112 valence electrons. The molecule has 3 N–H and O–H groups in total. The summed E-state index contributed by atoms with van der Waals surface area (Å²) < 4.78 is 24.5. The Balaban J connectivity index is 2.71. The Morgan fingerprint density at radius 3 is 2.40 bits per heavy atom. The Hall–Kier alpha value is -1.56. The zero-order chi connectivity index (χ0) is 15.2. The molecule has 0 aliphatic heterocycles. The van der Waals surface area contributed by atoms with Gasteiger partial charge in [0.05, 0.1) is 4.90 Å². The van der Waals surface area contributed by atoms with Crippen LogP contribution in [-0.4, -0.2) is 26.1 Å². The summed E-state index contributed by atoms with van der Waals surface area (Å²) in [6, 6.07) is 5.87. The van der Waals surface area contributed by atoms with Crippen LogP contribution in [0, 0.1) is 0 Å². The van der Waals surface area contributed by atoms with Crippen LogP contribution in [0.5, 0.6) is 0 Å². The highest BCUT2D eigenvalue weighted by Gasteiger charge is 2.29. The maximum absolute atomic E-state index is 12.3. The Bertz CT molecular complexity index is 538. The minimum Gasteiger partial charge on any atom is -0.399 e. The zero-order valence-electron chi connectivity index (χ0n) is 11.9. The lowest BCUT2D eigenvalue weighted by Crippen LogP contribution is -2.38. The summed E-state index contributed by atoms with van der Waals surface area (Å²) in [5.74, 6) is -0.460. The van der Waals surface area contributed by atoms with Crippen molar-refractivity contribution in [2.24, 2.45) is 0 Å². The standard InChI is InChI=1S/C14H22N2O3S/c1-3-4-5-10-16-14(17)11(2)20(18,19)13-8-6-12(15)7-9-13/h6-9,11H,3-5,10,15H2,1-2H3,(H,16,17). The van der Waals surface area contributed by atoms with Gasteiger partial charge in [0.2, 0.25) is 5.91 Å². The van der Waals surface area contributed by atoms with Gasteiger partial charge in [-0.1, -0.05) is 19.8 Å². The minimum atomic E-state index is -3.67. The highest BCUT2D eigenvalue weighted by molar-refractivity contribution is 7.92. The lowest BCUT2D eigenvalue weighted by atomic mass is 10.2. The molecule has 1 unspecified atom stereocenters. The highest BCUT2D eigenvalue weighted by atomic mass is 32.2. The van der Waals surface area contributed by atoms with Gasteiger partial charge < -0.3 is 11.1 Å². The van der Waals surface area contributed by atoms with Gasteiger partial charge >= 0.3 is 0 Å². The van der Waals surface area contributed by atoms with Gasteiger partial charge in [-0.2, -0.15) is 0 Å². The number of carbonyl (C=O) groups excluding carboxylic acids is 1. The first-order valence-electron chi connectivity index (χ1n) is 6.76. The van der Waals surface area contributed by atoms with E-state index < -0.39 is 21.0 Å². The predicted octanol–water partition coefficient (Wildman–Crippen LogP) is 1.74. The van der Waals surface area contributed by atoms with Crippen molar-refractivity contribution in [2.45, 2.75) is 43.3 Å². The SMILES string of the molecule is CCCCCNC(=O)C(C)S(=O)(=O)c1ccc(N)cc1. The Morgan fingerprint density at radius 1 is 1.25 bits per heavy atom. The Labute approximate surface area is 120 Å². The van der Waals surface area contributed by atoms with Gasteiger partial charge in [-0.05, 0) is 37.6 Å². The van der Waals surface area contributed by atoms with E-state index in [1.807, 2.05) is 0 Å². The lowest BCUT2D eigenvalue weighted by Gasteiger charge is -2.13.